The van der Waals surface area contributed by atoms with Crippen molar-refractivity contribution >= 4 is 49.5 Å². The van der Waals surface area contributed by atoms with Crippen LogP contribution in [0.1, 0.15) is 0 Å². The summed E-state index contributed by atoms with van der Waals surface area (Å²) in [6.07, 6.45) is 0. The predicted octanol–water partition coefficient (Wildman–Crippen LogP) is -5.53. The van der Waals surface area contributed by atoms with Crippen LogP contribution >= 0.6 is 0 Å². The molecule has 6 N–H and O–H groups in total. The third kappa shape index (κ3) is 169. The van der Waals surface area contributed by atoms with Crippen molar-refractivity contribution in [1.29, 1.82) is 0 Å². The van der Waals surface area contributed by atoms with Gasteiger partial charge in [-0.15, -0.1) is 0 Å². The van der Waals surface area contributed by atoms with E-state index in [2.05, 4.69) is 0 Å². The predicted molar refractivity (Wildman–Crippen MR) is 36.7 cm³/mol. The maximum absolute atomic E-state index is 7.33. The van der Waals surface area contributed by atoms with Crippen molar-refractivity contribution in [3.63, 3.8) is 0 Å². The topological polar surface area (TPSA) is 112 Å². The van der Waals surface area contributed by atoms with Gasteiger partial charge in [-0.05, 0) is 0 Å². The highest BCUT2D eigenvalue weighted by molar-refractivity contribution is 6.46. The summed E-state index contributed by atoms with van der Waals surface area (Å²) in [5, 5.41) is 0. The second-order valence-electron chi connectivity index (χ2n) is 0.600. The fourth-order valence-corrected chi connectivity index (χ4v) is 0. The van der Waals surface area contributed by atoms with Gasteiger partial charge in [0, 0.05) is 0 Å². The molecule has 0 aromatic carbocycles. The van der Waals surface area contributed by atoms with Crippen molar-refractivity contribution in [1.82, 2.24) is 0 Å². The molecule has 0 rings (SSSR count). The minimum absolute atomic E-state index is 0. The van der Waals surface area contributed by atoms with Crippen LogP contribution in [0.5, 0.6) is 0 Å². The van der Waals surface area contributed by atoms with E-state index in [1.807, 2.05) is 0 Å². The van der Waals surface area contributed by atoms with Crippen molar-refractivity contribution in [2.45, 2.75) is 0 Å². The Kier molecular flexibility index (Phi) is 23.7. The molecule has 0 saturated heterocycles. The van der Waals surface area contributed by atoms with Gasteiger partial charge in [0.1, 0.15) is 0 Å². The molecule has 0 spiro atoms. The van der Waals surface area contributed by atoms with E-state index in [1.54, 1.807) is 0 Å². The van der Waals surface area contributed by atoms with Crippen LogP contribution in [-0.4, -0.2) is 74.1 Å². The highest BCUT2D eigenvalue weighted by Crippen LogP contribution is 1.67. The third-order valence-corrected chi connectivity index (χ3v) is 0. The van der Waals surface area contributed by atoms with Crippen LogP contribution in [0.15, 0.2) is 0 Å². The van der Waals surface area contributed by atoms with Crippen LogP contribution < -0.4 is 0 Å². The lowest BCUT2D eigenvalue weighted by Crippen LogP contribution is -2.33. The van der Waals surface area contributed by atoms with E-state index in [0.29, 0.717) is 0 Å². The van der Waals surface area contributed by atoms with Gasteiger partial charge < -0.3 is 24.7 Å². The fraction of sp³-hybridized carbons (Fsp3) is 0. The summed E-state index contributed by atoms with van der Waals surface area (Å²) in [5.41, 5.74) is 0. The zero-order valence-corrected chi connectivity index (χ0v) is 3.79. The highest BCUT2D eigenvalue weighted by atomic mass is 28.4. The van der Waals surface area contributed by atoms with Crippen LogP contribution in [0.4, 0.5) is 0 Å². The SMILES string of the molecule is O.O[Si](O)(O)O.[AlH3].[MgH2]. The zero-order chi connectivity index (χ0) is 4.50. The van der Waals surface area contributed by atoms with Crippen LogP contribution in [0.2, 0.25) is 0 Å². The maximum atomic E-state index is 7.33. The fourth-order valence-electron chi connectivity index (χ4n) is 0. The third-order valence-electron chi connectivity index (χ3n) is 0. The first-order chi connectivity index (χ1) is 2.00. The molecule has 8 heavy (non-hydrogen) atoms. The standard InChI is InChI=1S/Al.Mg.H4O4Si.H2O.5H/c;;1-5(2,3)4;;;;;;/h;;1-4H;1H2;;;;;. The molecule has 0 bridgehead atoms. The zero-order valence-electron chi connectivity index (χ0n) is 2.79. The Hall–Kier alpha value is 1.32. The summed E-state index contributed by atoms with van der Waals surface area (Å²) < 4.78 is 0. The lowest BCUT2D eigenvalue weighted by molar-refractivity contribution is 0.117. The van der Waals surface area contributed by atoms with Crippen LogP contribution in [0, 0.1) is 0 Å². The Morgan fingerprint density at radius 1 is 0.875 bits per heavy atom. The van der Waals surface area contributed by atoms with Gasteiger partial charge in [0.15, 0.2) is 17.4 Å². The number of rotatable bonds is 0. The average Bonchev–Trinajstić information content (AvgIpc) is 0.722. The highest BCUT2D eigenvalue weighted by Gasteiger charge is 2.22. The van der Waals surface area contributed by atoms with Gasteiger partial charge in [-0.1, -0.05) is 0 Å². The number of hydrogen-bond acceptors (Lipinski definition) is 4. The van der Waals surface area contributed by atoms with E-state index in [-0.39, 0.29) is 45.9 Å². The molecule has 0 aliphatic rings. The Bertz CT molecular complexity index is 27.9. The van der Waals surface area contributed by atoms with E-state index < -0.39 is 9.05 Å². The minimum atomic E-state index is -4.61. The molecule has 8 heteroatoms. The molecule has 0 fully saturated rings. The van der Waals surface area contributed by atoms with Crippen LogP contribution in [0.3, 0.4) is 0 Å². The normalized spacial score (nSPS) is 7.50. The number of hydrogen-bond donors (Lipinski definition) is 4. The first-order valence-electron chi connectivity index (χ1n) is 0.894. The summed E-state index contributed by atoms with van der Waals surface area (Å²) in [7, 11) is -4.61. The van der Waals surface area contributed by atoms with Gasteiger partial charge in [-0.25, -0.2) is 0 Å². The van der Waals surface area contributed by atoms with E-state index in [9.17, 15) is 0 Å². The second-order valence-corrected chi connectivity index (χ2v) is 1.80. The molecule has 0 aliphatic carbocycles. The Labute approximate surface area is 74.0 Å². The smallest absolute Gasteiger partial charge is 0.412 e. The van der Waals surface area contributed by atoms with Gasteiger partial charge in [-0.2, -0.15) is 0 Å². The van der Waals surface area contributed by atoms with Crippen molar-refractivity contribution in [3.8, 4) is 0 Å². The molecule has 50 valence electrons. The molecule has 0 heterocycles. The first kappa shape index (κ1) is 22.8. The lowest BCUT2D eigenvalue weighted by atomic mass is 15.7. The summed E-state index contributed by atoms with van der Waals surface area (Å²) in [6, 6.07) is 0. The van der Waals surface area contributed by atoms with Gasteiger partial charge in [0.25, 0.3) is 0 Å². The molecule has 0 amide bonds. The van der Waals surface area contributed by atoms with Crippen molar-refractivity contribution in [2.24, 2.45) is 0 Å². The molecule has 0 unspecified atom stereocenters. The monoisotopic (exact) mass is 170 g/mol. The molecule has 0 radical (unpaired) electrons. The Morgan fingerprint density at radius 2 is 0.875 bits per heavy atom. The van der Waals surface area contributed by atoms with Gasteiger partial charge >= 0.3 is 32.1 Å². The van der Waals surface area contributed by atoms with E-state index in [1.165, 1.54) is 0 Å². The molecule has 5 nitrogen and oxygen atoms in total. The molecule has 0 aliphatic heterocycles. The summed E-state index contributed by atoms with van der Waals surface area (Å²) >= 11 is 0. The first-order valence-corrected chi connectivity index (χ1v) is 2.68. The van der Waals surface area contributed by atoms with Crippen LogP contribution in [-0.2, 0) is 0 Å². The van der Waals surface area contributed by atoms with E-state index in [4.69, 9.17) is 19.2 Å². The van der Waals surface area contributed by atoms with Crippen molar-refractivity contribution in [2.75, 3.05) is 0 Å². The average molecular weight is 170 g/mol. The largest absolute Gasteiger partial charge is 0.668 e. The van der Waals surface area contributed by atoms with Gasteiger partial charge in [0.05, 0.1) is 0 Å². The molecule has 0 saturated carbocycles. The quantitative estimate of drug-likeness (QED) is 0.272. The van der Waals surface area contributed by atoms with Crippen LogP contribution in [0.25, 0.3) is 0 Å². The van der Waals surface area contributed by atoms with Crippen molar-refractivity contribution in [3.05, 3.63) is 0 Å². The Balaban J connectivity index is -0.0000000267. The lowest BCUT2D eigenvalue weighted by Gasteiger charge is -1.91. The van der Waals surface area contributed by atoms with E-state index in [0.717, 1.165) is 0 Å². The molecule has 0 atom stereocenters. The maximum Gasteiger partial charge on any atom is 0.668 e. The molecule has 0 aromatic rings. The summed E-state index contributed by atoms with van der Waals surface area (Å²) in [4.78, 5) is 29.3. The second kappa shape index (κ2) is 8.32. The van der Waals surface area contributed by atoms with Crippen molar-refractivity contribution < 1.29 is 24.7 Å². The summed E-state index contributed by atoms with van der Waals surface area (Å²) in [6.45, 7) is 0. The molecular weight excluding hydrogens is 159 g/mol. The Morgan fingerprint density at radius 3 is 0.875 bits per heavy atom. The summed E-state index contributed by atoms with van der Waals surface area (Å²) in [5.74, 6) is 0. The molecular formula is H11AlMgO5Si. The van der Waals surface area contributed by atoms with Gasteiger partial charge in [0.2, 0.25) is 0 Å². The van der Waals surface area contributed by atoms with E-state index >= 15 is 0 Å². The van der Waals surface area contributed by atoms with Gasteiger partial charge in [-0.3, -0.25) is 0 Å². The molecule has 0 aromatic heterocycles. The minimum Gasteiger partial charge on any atom is -0.412 e.